The van der Waals surface area contributed by atoms with Gasteiger partial charge in [-0.3, -0.25) is 9.59 Å². The van der Waals surface area contributed by atoms with E-state index in [1.807, 2.05) is 62.4 Å². The third-order valence-electron chi connectivity index (χ3n) is 4.59. The standard InChI is InChI=1S/C24H23N3O3S/c1-15(2)12-22(28)26-17-7-5-6-16(13-17)14-25-23(29)19-10-11-20(30-19)24-27-18-8-3-4-9-21(18)31-24/h3-11,13,15H,12,14H2,1-2H3,(H,25,29)(H,26,28). The molecule has 6 nitrogen and oxygen atoms in total. The molecule has 0 unspecified atom stereocenters. The number of para-hydroxylation sites is 1. The predicted molar refractivity (Wildman–Crippen MR) is 123 cm³/mol. The van der Waals surface area contributed by atoms with E-state index in [4.69, 9.17) is 4.42 Å². The Morgan fingerprint density at radius 2 is 1.90 bits per heavy atom. The van der Waals surface area contributed by atoms with E-state index in [0.717, 1.165) is 20.8 Å². The van der Waals surface area contributed by atoms with E-state index in [9.17, 15) is 9.59 Å². The molecule has 2 aromatic carbocycles. The number of aromatic nitrogens is 1. The summed E-state index contributed by atoms with van der Waals surface area (Å²) >= 11 is 1.52. The number of fused-ring (bicyclic) bond motifs is 1. The first kappa shape index (κ1) is 20.8. The Bertz CT molecular complexity index is 1190. The average molecular weight is 434 g/mol. The van der Waals surface area contributed by atoms with E-state index in [1.54, 1.807) is 12.1 Å². The SMILES string of the molecule is CC(C)CC(=O)Nc1cccc(CNC(=O)c2ccc(-c3nc4ccccc4s3)o2)c1. The van der Waals surface area contributed by atoms with Crippen LogP contribution in [0.25, 0.3) is 21.0 Å². The van der Waals surface area contributed by atoms with Crippen LogP contribution in [0.5, 0.6) is 0 Å². The average Bonchev–Trinajstić information content (AvgIpc) is 3.38. The first-order valence-electron chi connectivity index (χ1n) is 10.1. The number of nitrogens with zero attached hydrogens (tertiary/aromatic N) is 1. The molecule has 0 saturated carbocycles. The third-order valence-corrected chi connectivity index (χ3v) is 5.64. The zero-order valence-electron chi connectivity index (χ0n) is 17.3. The van der Waals surface area contributed by atoms with Crippen molar-refractivity contribution in [1.82, 2.24) is 10.3 Å². The minimum absolute atomic E-state index is 0.0193. The van der Waals surface area contributed by atoms with E-state index in [-0.39, 0.29) is 17.6 Å². The zero-order chi connectivity index (χ0) is 21.8. The molecule has 2 aromatic heterocycles. The lowest BCUT2D eigenvalue weighted by molar-refractivity contribution is -0.116. The number of rotatable bonds is 7. The van der Waals surface area contributed by atoms with E-state index < -0.39 is 0 Å². The number of furan rings is 1. The summed E-state index contributed by atoms with van der Waals surface area (Å²) in [4.78, 5) is 29.1. The number of hydrogen-bond acceptors (Lipinski definition) is 5. The first-order valence-corrected chi connectivity index (χ1v) is 10.9. The fourth-order valence-corrected chi connectivity index (χ4v) is 4.09. The molecular weight excluding hydrogens is 410 g/mol. The van der Waals surface area contributed by atoms with Crippen LogP contribution < -0.4 is 10.6 Å². The minimum Gasteiger partial charge on any atom is -0.448 e. The van der Waals surface area contributed by atoms with Crippen LogP contribution in [0.3, 0.4) is 0 Å². The van der Waals surface area contributed by atoms with Gasteiger partial charge in [-0.25, -0.2) is 4.98 Å². The van der Waals surface area contributed by atoms with Gasteiger partial charge in [0.15, 0.2) is 16.5 Å². The molecule has 31 heavy (non-hydrogen) atoms. The van der Waals surface area contributed by atoms with Crippen LogP contribution in [0.4, 0.5) is 5.69 Å². The van der Waals surface area contributed by atoms with E-state index >= 15 is 0 Å². The van der Waals surface area contributed by atoms with Crippen molar-refractivity contribution in [1.29, 1.82) is 0 Å². The monoisotopic (exact) mass is 433 g/mol. The van der Waals surface area contributed by atoms with Crippen LogP contribution >= 0.6 is 11.3 Å². The van der Waals surface area contributed by atoms with Gasteiger partial charge in [0.05, 0.1) is 10.2 Å². The van der Waals surface area contributed by atoms with Crippen LogP contribution in [0.2, 0.25) is 0 Å². The fourth-order valence-electron chi connectivity index (χ4n) is 3.16. The lowest BCUT2D eigenvalue weighted by Gasteiger charge is -2.09. The van der Waals surface area contributed by atoms with Crippen molar-refractivity contribution in [2.75, 3.05) is 5.32 Å². The van der Waals surface area contributed by atoms with Gasteiger partial charge >= 0.3 is 0 Å². The van der Waals surface area contributed by atoms with Gasteiger partial charge < -0.3 is 15.1 Å². The van der Waals surface area contributed by atoms with Crippen molar-refractivity contribution in [3.63, 3.8) is 0 Å². The maximum Gasteiger partial charge on any atom is 0.287 e. The summed E-state index contributed by atoms with van der Waals surface area (Å²) in [6.45, 7) is 4.33. The highest BCUT2D eigenvalue weighted by molar-refractivity contribution is 7.21. The molecule has 158 valence electrons. The number of thiazole rings is 1. The highest BCUT2D eigenvalue weighted by atomic mass is 32.1. The smallest absolute Gasteiger partial charge is 0.287 e. The molecule has 2 amide bonds. The van der Waals surface area contributed by atoms with Gasteiger partial charge in [0.1, 0.15) is 0 Å². The van der Waals surface area contributed by atoms with Gasteiger partial charge in [0.25, 0.3) is 5.91 Å². The molecular formula is C24H23N3O3S. The van der Waals surface area contributed by atoms with Gasteiger partial charge in [-0.05, 0) is 47.9 Å². The predicted octanol–water partition coefficient (Wildman–Crippen LogP) is 5.47. The zero-order valence-corrected chi connectivity index (χ0v) is 18.2. The van der Waals surface area contributed by atoms with E-state index in [2.05, 4.69) is 15.6 Å². The largest absolute Gasteiger partial charge is 0.448 e. The number of benzene rings is 2. The summed E-state index contributed by atoms with van der Waals surface area (Å²) in [6, 6.07) is 18.7. The Hall–Kier alpha value is -3.45. The molecule has 0 aliphatic carbocycles. The number of hydrogen-bond donors (Lipinski definition) is 2. The molecule has 7 heteroatoms. The van der Waals surface area contributed by atoms with Crippen LogP contribution in [-0.2, 0) is 11.3 Å². The molecule has 0 aliphatic rings. The van der Waals surface area contributed by atoms with Crippen molar-refractivity contribution < 1.29 is 14.0 Å². The lowest BCUT2D eigenvalue weighted by atomic mass is 10.1. The second-order valence-electron chi connectivity index (χ2n) is 7.68. The van der Waals surface area contributed by atoms with Crippen LogP contribution in [0.1, 0.15) is 36.4 Å². The van der Waals surface area contributed by atoms with Gasteiger partial charge in [0.2, 0.25) is 5.91 Å². The summed E-state index contributed by atoms with van der Waals surface area (Å²) in [7, 11) is 0. The van der Waals surface area contributed by atoms with Crippen molar-refractivity contribution in [3.05, 3.63) is 72.0 Å². The summed E-state index contributed by atoms with van der Waals surface area (Å²) in [5, 5.41) is 6.49. The number of anilines is 1. The van der Waals surface area contributed by atoms with Crippen molar-refractivity contribution in [2.24, 2.45) is 5.92 Å². The molecule has 0 bridgehead atoms. The second kappa shape index (κ2) is 9.14. The second-order valence-corrected chi connectivity index (χ2v) is 8.71. The van der Waals surface area contributed by atoms with Crippen LogP contribution in [0.15, 0.2) is 65.1 Å². The van der Waals surface area contributed by atoms with Gasteiger partial charge in [0, 0.05) is 18.7 Å². The molecule has 2 N–H and O–H groups in total. The molecule has 4 rings (SSSR count). The van der Waals surface area contributed by atoms with Gasteiger partial charge in [-0.2, -0.15) is 0 Å². The molecule has 2 heterocycles. The lowest BCUT2D eigenvalue weighted by Crippen LogP contribution is -2.22. The van der Waals surface area contributed by atoms with Crippen molar-refractivity contribution in [2.45, 2.75) is 26.8 Å². The highest BCUT2D eigenvalue weighted by Gasteiger charge is 2.15. The summed E-state index contributed by atoms with van der Waals surface area (Å²) in [5.41, 5.74) is 2.51. The maximum absolute atomic E-state index is 12.5. The molecule has 0 atom stereocenters. The normalized spacial score (nSPS) is 11.1. The van der Waals surface area contributed by atoms with Crippen LogP contribution in [0, 0.1) is 5.92 Å². The van der Waals surface area contributed by atoms with E-state index in [1.165, 1.54) is 11.3 Å². The molecule has 0 saturated heterocycles. The molecule has 0 aliphatic heterocycles. The summed E-state index contributed by atoms with van der Waals surface area (Å²) < 4.78 is 6.81. The van der Waals surface area contributed by atoms with Crippen molar-refractivity contribution in [3.8, 4) is 10.8 Å². The highest BCUT2D eigenvalue weighted by Crippen LogP contribution is 2.31. The minimum atomic E-state index is -0.304. The van der Waals surface area contributed by atoms with Crippen molar-refractivity contribution >= 4 is 39.1 Å². The van der Waals surface area contributed by atoms with Crippen LogP contribution in [-0.4, -0.2) is 16.8 Å². The number of carbonyl (C=O) groups is 2. The van der Waals surface area contributed by atoms with Gasteiger partial charge in [-0.15, -0.1) is 11.3 Å². The maximum atomic E-state index is 12.5. The summed E-state index contributed by atoms with van der Waals surface area (Å²) in [6.07, 6.45) is 0.469. The summed E-state index contributed by atoms with van der Waals surface area (Å²) in [5.74, 6) is 0.774. The first-order chi connectivity index (χ1) is 15.0. The molecule has 0 radical (unpaired) electrons. The fraction of sp³-hybridized carbons (Fsp3) is 0.208. The molecule has 4 aromatic rings. The quantitative estimate of drug-likeness (QED) is 0.405. The Balaban J connectivity index is 1.38. The Morgan fingerprint density at radius 3 is 2.71 bits per heavy atom. The van der Waals surface area contributed by atoms with Gasteiger partial charge in [-0.1, -0.05) is 38.1 Å². The third kappa shape index (κ3) is 5.19. The Kier molecular flexibility index (Phi) is 6.13. The topological polar surface area (TPSA) is 84.2 Å². The Labute approximate surface area is 184 Å². The number of amides is 2. The Morgan fingerprint density at radius 1 is 1.06 bits per heavy atom. The molecule has 0 fully saturated rings. The molecule has 0 spiro atoms. The van der Waals surface area contributed by atoms with E-state index in [0.29, 0.717) is 30.3 Å². The number of nitrogens with one attached hydrogen (secondary N) is 2. The number of carbonyl (C=O) groups excluding carboxylic acids is 2.